The third kappa shape index (κ3) is 3.90. The summed E-state index contributed by atoms with van der Waals surface area (Å²) in [5.41, 5.74) is 0.420. The molecule has 0 fully saturated rings. The molecule has 1 atom stereocenters. The van der Waals surface area contributed by atoms with Crippen LogP contribution in [0.25, 0.3) is 10.9 Å². The van der Waals surface area contributed by atoms with Crippen LogP contribution < -0.4 is 5.32 Å². The standard InChI is InChI=1S/C19H16BrF4N3/c1-9-12(5-4-6-14(9)19(22,23)24)10(2)25-18-13-7-15(20)16(21)8-17(13)26-11(3)27-18/h4-8,10H,1-3H3,(H,25,26,27). The molecule has 0 spiro atoms. The fourth-order valence-electron chi connectivity index (χ4n) is 3.06. The Bertz CT molecular complexity index is 1020. The lowest BCUT2D eigenvalue weighted by Crippen LogP contribution is -2.14. The van der Waals surface area contributed by atoms with Crippen molar-refractivity contribution in [2.24, 2.45) is 0 Å². The van der Waals surface area contributed by atoms with E-state index in [-0.39, 0.29) is 10.0 Å². The highest BCUT2D eigenvalue weighted by Gasteiger charge is 2.33. The molecule has 1 unspecified atom stereocenters. The van der Waals surface area contributed by atoms with Gasteiger partial charge in [-0.3, -0.25) is 0 Å². The summed E-state index contributed by atoms with van der Waals surface area (Å²) in [5, 5.41) is 3.72. The van der Waals surface area contributed by atoms with Gasteiger partial charge in [0.05, 0.1) is 21.6 Å². The van der Waals surface area contributed by atoms with Crippen molar-refractivity contribution < 1.29 is 17.6 Å². The van der Waals surface area contributed by atoms with Crippen LogP contribution in [0.3, 0.4) is 0 Å². The van der Waals surface area contributed by atoms with Crippen molar-refractivity contribution in [3.05, 3.63) is 63.1 Å². The van der Waals surface area contributed by atoms with E-state index in [9.17, 15) is 17.6 Å². The van der Waals surface area contributed by atoms with Gasteiger partial charge in [0.15, 0.2) is 0 Å². The van der Waals surface area contributed by atoms with Crippen molar-refractivity contribution in [1.29, 1.82) is 0 Å². The summed E-state index contributed by atoms with van der Waals surface area (Å²) in [6, 6.07) is 6.49. The molecule has 0 saturated carbocycles. The maximum absolute atomic E-state index is 13.8. The topological polar surface area (TPSA) is 37.8 Å². The summed E-state index contributed by atoms with van der Waals surface area (Å²) >= 11 is 3.14. The maximum atomic E-state index is 13.8. The minimum Gasteiger partial charge on any atom is -0.363 e. The molecule has 3 nitrogen and oxygen atoms in total. The van der Waals surface area contributed by atoms with Crippen molar-refractivity contribution in [1.82, 2.24) is 9.97 Å². The fraction of sp³-hybridized carbons (Fsp3) is 0.263. The van der Waals surface area contributed by atoms with Crippen molar-refractivity contribution in [3.8, 4) is 0 Å². The molecule has 0 bridgehead atoms. The molecule has 0 saturated heterocycles. The number of hydrogen-bond donors (Lipinski definition) is 1. The lowest BCUT2D eigenvalue weighted by molar-refractivity contribution is -0.138. The predicted octanol–water partition coefficient (Wildman–Crippen LogP) is 6.34. The molecule has 27 heavy (non-hydrogen) atoms. The van der Waals surface area contributed by atoms with Gasteiger partial charge >= 0.3 is 6.18 Å². The summed E-state index contributed by atoms with van der Waals surface area (Å²) in [4.78, 5) is 8.57. The Morgan fingerprint density at radius 3 is 2.48 bits per heavy atom. The summed E-state index contributed by atoms with van der Waals surface area (Å²) in [5.74, 6) is 0.413. The van der Waals surface area contributed by atoms with Crippen LogP contribution in [0.15, 0.2) is 34.8 Å². The molecule has 0 amide bonds. The van der Waals surface area contributed by atoms with E-state index in [1.54, 1.807) is 26.0 Å². The number of alkyl halides is 3. The molecule has 0 aliphatic rings. The van der Waals surface area contributed by atoms with E-state index in [1.807, 2.05) is 0 Å². The van der Waals surface area contributed by atoms with Gasteiger partial charge in [-0.25, -0.2) is 14.4 Å². The first-order valence-electron chi connectivity index (χ1n) is 8.14. The first-order valence-corrected chi connectivity index (χ1v) is 8.94. The number of halogens is 5. The van der Waals surface area contributed by atoms with Crippen LogP contribution in [0.2, 0.25) is 0 Å². The van der Waals surface area contributed by atoms with Gasteiger partial charge in [-0.15, -0.1) is 0 Å². The first kappa shape index (κ1) is 19.5. The van der Waals surface area contributed by atoms with Crippen LogP contribution in [0.1, 0.15) is 35.5 Å². The first-order chi connectivity index (χ1) is 12.6. The van der Waals surface area contributed by atoms with Gasteiger partial charge in [0.2, 0.25) is 0 Å². The van der Waals surface area contributed by atoms with Crippen molar-refractivity contribution in [2.75, 3.05) is 5.32 Å². The molecular formula is C19H16BrF4N3. The Morgan fingerprint density at radius 2 is 1.81 bits per heavy atom. The van der Waals surface area contributed by atoms with Crippen LogP contribution in [0.5, 0.6) is 0 Å². The maximum Gasteiger partial charge on any atom is 0.416 e. The van der Waals surface area contributed by atoms with E-state index in [0.29, 0.717) is 28.1 Å². The zero-order valence-corrected chi connectivity index (χ0v) is 16.3. The van der Waals surface area contributed by atoms with Crippen LogP contribution in [0, 0.1) is 19.7 Å². The van der Waals surface area contributed by atoms with E-state index in [1.165, 1.54) is 19.1 Å². The Morgan fingerprint density at radius 1 is 1.11 bits per heavy atom. The predicted molar refractivity (Wildman–Crippen MR) is 100 cm³/mol. The second kappa shape index (κ2) is 7.07. The summed E-state index contributed by atoms with van der Waals surface area (Å²) < 4.78 is 53.6. The Balaban J connectivity index is 2.05. The van der Waals surface area contributed by atoms with Gasteiger partial charge in [-0.05, 0) is 60.0 Å². The van der Waals surface area contributed by atoms with Crippen molar-refractivity contribution in [2.45, 2.75) is 33.0 Å². The molecule has 1 aromatic heterocycles. The number of nitrogens with zero attached hydrogens (tertiary/aromatic N) is 2. The summed E-state index contributed by atoms with van der Waals surface area (Å²) in [6.45, 7) is 4.88. The minimum absolute atomic E-state index is 0.160. The monoisotopic (exact) mass is 441 g/mol. The number of rotatable bonds is 3. The van der Waals surface area contributed by atoms with Crippen molar-refractivity contribution >= 4 is 32.7 Å². The number of benzene rings is 2. The van der Waals surface area contributed by atoms with E-state index in [0.717, 1.165) is 6.07 Å². The lowest BCUT2D eigenvalue weighted by atomic mass is 9.97. The second-order valence-corrected chi connectivity index (χ2v) is 7.14. The number of anilines is 1. The van der Waals surface area contributed by atoms with E-state index >= 15 is 0 Å². The average Bonchev–Trinajstić information content (AvgIpc) is 2.55. The van der Waals surface area contributed by atoms with Crippen LogP contribution in [0.4, 0.5) is 23.4 Å². The number of fused-ring (bicyclic) bond motifs is 1. The van der Waals surface area contributed by atoms with E-state index < -0.39 is 23.6 Å². The quantitative estimate of drug-likeness (QED) is 0.481. The van der Waals surface area contributed by atoms with E-state index in [4.69, 9.17) is 0 Å². The largest absolute Gasteiger partial charge is 0.416 e. The molecule has 0 aliphatic carbocycles. The molecule has 2 aromatic carbocycles. The summed E-state index contributed by atoms with van der Waals surface area (Å²) in [6.07, 6.45) is -4.42. The summed E-state index contributed by atoms with van der Waals surface area (Å²) in [7, 11) is 0. The second-order valence-electron chi connectivity index (χ2n) is 6.29. The number of nitrogens with one attached hydrogen (secondary N) is 1. The molecular weight excluding hydrogens is 426 g/mol. The number of aromatic nitrogens is 2. The Hall–Kier alpha value is -2.22. The molecule has 0 aliphatic heterocycles. The zero-order chi connectivity index (χ0) is 19.9. The molecule has 1 N–H and O–H groups in total. The Kier molecular flexibility index (Phi) is 5.12. The molecule has 3 aromatic rings. The lowest BCUT2D eigenvalue weighted by Gasteiger charge is -2.21. The van der Waals surface area contributed by atoms with Crippen LogP contribution in [-0.4, -0.2) is 9.97 Å². The van der Waals surface area contributed by atoms with Gasteiger partial charge < -0.3 is 5.32 Å². The van der Waals surface area contributed by atoms with Crippen LogP contribution in [-0.2, 0) is 6.18 Å². The molecule has 0 radical (unpaired) electrons. The minimum atomic E-state index is -4.42. The van der Waals surface area contributed by atoms with E-state index in [2.05, 4.69) is 31.2 Å². The van der Waals surface area contributed by atoms with Crippen LogP contribution >= 0.6 is 15.9 Å². The van der Waals surface area contributed by atoms with Gasteiger partial charge in [0.25, 0.3) is 0 Å². The number of aryl methyl sites for hydroxylation is 1. The highest BCUT2D eigenvalue weighted by molar-refractivity contribution is 9.10. The molecule has 3 rings (SSSR count). The molecule has 8 heteroatoms. The molecule has 142 valence electrons. The molecule has 1 heterocycles. The normalized spacial score (nSPS) is 13.0. The van der Waals surface area contributed by atoms with Gasteiger partial charge in [-0.1, -0.05) is 12.1 Å². The van der Waals surface area contributed by atoms with Crippen molar-refractivity contribution in [3.63, 3.8) is 0 Å². The highest BCUT2D eigenvalue weighted by atomic mass is 79.9. The smallest absolute Gasteiger partial charge is 0.363 e. The van der Waals surface area contributed by atoms with Gasteiger partial charge in [-0.2, -0.15) is 13.2 Å². The highest BCUT2D eigenvalue weighted by Crippen LogP contribution is 2.36. The Labute approximate surface area is 162 Å². The zero-order valence-electron chi connectivity index (χ0n) is 14.7. The average molecular weight is 442 g/mol. The van der Waals surface area contributed by atoms with Gasteiger partial charge in [0, 0.05) is 11.5 Å². The SMILES string of the molecule is Cc1nc(NC(C)c2cccc(C(F)(F)F)c2C)c2cc(Br)c(F)cc2n1. The third-order valence-electron chi connectivity index (χ3n) is 4.35. The third-order valence-corrected chi connectivity index (χ3v) is 4.96. The fourth-order valence-corrected chi connectivity index (χ4v) is 3.41. The van der Waals surface area contributed by atoms with Gasteiger partial charge in [0.1, 0.15) is 17.5 Å². The number of hydrogen-bond acceptors (Lipinski definition) is 3.